The maximum Gasteiger partial charge on any atom is 0.290 e. The zero-order chi connectivity index (χ0) is 22.9. The number of hydrazine groups is 1. The van der Waals surface area contributed by atoms with E-state index in [2.05, 4.69) is 21.0 Å². The van der Waals surface area contributed by atoms with Crippen molar-refractivity contribution in [1.29, 1.82) is 0 Å². The van der Waals surface area contributed by atoms with E-state index in [-0.39, 0.29) is 21.5 Å². The van der Waals surface area contributed by atoms with Gasteiger partial charge >= 0.3 is 0 Å². The fourth-order valence-corrected chi connectivity index (χ4v) is 4.17. The molecule has 1 heterocycles. The van der Waals surface area contributed by atoms with Crippen LogP contribution in [-0.2, 0) is 10.0 Å². The Hall–Kier alpha value is -3.57. The van der Waals surface area contributed by atoms with Crippen LogP contribution in [0.3, 0.4) is 0 Å². The minimum atomic E-state index is -3.77. The third-order valence-electron chi connectivity index (χ3n) is 4.84. The van der Waals surface area contributed by atoms with Gasteiger partial charge in [0.2, 0.25) is 10.0 Å². The molecule has 0 aliphatic carbocycles. The van der Waals surface area contributed by atoms with Crippen LogP contribution in [0.5, 0.6) is 0 Å². The molecule has 10 nitrogen and oxygen atoms in total. The molecule has 0 atom stereocenters. The highest BCUT2D eigenvalue weighted by atomic mass is 32.2. The van der Waals surface area contributed by atoms with E-state index in [9.17, 15) is 22.8 Å². The summed E-state index contributed by atoms with van der Waals surface area (Å²) in [6.45, 7) is 3.35. The summed E-state index contributed by atoms with van der Waals surface area (Å²) in [5.74, 6) is -1.45. The molecule has 31 heavy (non-hydrogen) atoms. The van der Waals surface area contributed by atoms with Crippen molar-refractivity contribution in [3.8, 4) is 0 Å². The smallest absolute Gasteiger partial charge is 0.267 e. The Morgan fingerprint density at radius 2 is 1.61 bits per heavy atom. The van der Waals surface area contributed by atoms with E-state index in [4.69, 9.17) is 0 Å². The minimum Gasteiger partial charge on any atom is -0.267 e. The molecule has 0 fully saturated rings. The molecule has 0 aliphatic rings. The van der Waals surface area contributed by atoms with Gasteiger partial charge in [0, 0.05) is 25.0 Å². The molecule has 0 saturated carbocycles. The Morgan fingerprint density at radius 3 is 2.26 bits per heavy atom. The Bertz CT molecular complexity index is 1360. The van der Waals surface area contributed by atoms with Crippen molar-refractivity contribution in [2.24, 2.45) is 0 Å². The summed E-state index contributed by atoms with van der Waals surface area (Å²) < 4.78 is 26.2. The maximum absolute atomic E-state index is 12.6. The molecule has 0 unspecified atom stereocenters. The number of sulfonamides is 1. The van der Waals surface area contributed by atoms with Gasteiger partial charge in [-0.15, -0.1) is 0 Å². The molecule has 2 amide bonds. The predicted octanol–water partition coefficient (Wildman–Crippen LogP) is 0.865. The SMILES string of the molecule is Cc1cc(C(=O)NNC(=O)c2n[nH]c(=O)c3ccccc23)cc(S(=O)(=O)N(C)C)c1C. The van der Waals surface area contributed by atoms with Gasteiger partial charge in [-0.05, 0) is 43.2 Å². The van der Waals surface area contributed by atoms with Gasteiger partial charge in [0.1, 0.15) is 0 Å². The average molecular weight is 443 g/mol. The normalized spacial score (nSPS) is 11.5. The number of rotatable bonds is 4. The van der Waals surface area contributed by atoms with Crippen molar-refractivity contribution < 1.29 is 18.0 Å². The molecule has 2 aromatic carbocycles. The van der Waals surface area contributed by atoms with E-state index in [1.807, 2.05) is 0 Å². The highest BCUT2D eigenvalue weighted by molar-refractivity contribution is 7.89. The van der Waals surface area contributed by atoms with Crippen molar-refractivity contribution >= 4 is 32.6 Å². The molecule has 0 spiro atoms. The molecule has 3 N–H and O–H groups in total. The van der Waals surface area contributed by atoms with Gasteiger partial charge in [-0.2, -0.15) is 5.10 Å². The Kier molecular flexibility index (Phi) is 5.91. The number of benzene rings is 2. The summed E-state index contributed by atoms with van der Waals surface area (Å²) in [5, 5.41) is 6.61. The number of hydrogen-bond acceptors (Lipinski definition) is 6. The van der Waals surface area contributed by atoms with E-state index in [1.54, 1.807) is 38.1 Å². The molecule has 11 heteroatoms. The van der Waals surface area contributed by atoms with Crippen LogP contribution < -0.4 is 16.4 Å². The number of nitrogens with one attached hydrogen (secondary N) is 3. The third kappa shape index (κ3) is 4.18. The van der Waals surface area contributed by atoms with E-state index in [1.165, 1.54) is 26.2 Å². The number of carbonyl (C=O) groups is 2. The molecular weight excluding hydrogens is 422 g/mol. The fraction of sp³-hybridized carbons (Fsp3) is 0.200. The van der Waals surface area contributed by atoms with Crippen molar-refractivity contribution in [3.05, 3.63) is 69.1 Å². The Balaban J connectivity index is 1.87. The van der Waals surface area contributed by atoms with Crippen LogP contribution in [0.25, 0.3) is 10.8 Å². The fourth-order valence-electron chi connectivity index (χ4n) is 2.96. The zero-order valence-corrected chi connectivity index (χ0v) is 18.1. The lowest BCUT2D eigenvalue weighted by molar-refractivity contribution is 0.0844. The van der Waals surface area contributed by atoms with Crippen molar-refractivity contribution in [2.45, 2.75) is 18.7 Å². The second-order valence-corrected chi connectivity index (χ2v) is 9.18. The predicted molar refractivity (Wildman–Crippen MR) is 114 cm³/mol. The number of aromatic nitrogens is 2. The molecule has 0 bridgehead atoms. The van der Waals surface area contributed by atoms with Gasteiger partial charge in [-0.25, -0.2) is 17.8 Å². The Labute approximate surface area is 178 Å². The molecule has 162 valence electrons. The summed E-state index contributed by atoms with van der Waals surface area (Å²) in [7, 11) is -0.964. The highest BCUT2D eigenvalue weighted by Gasteiger charge is 2.23. The van der Waals surface area contributed by atoms with E-state index in [0.717, 1.165) is 4.31 Å². The number of aromatic amines is 1. The first-order valence-electron chi connectivity index (χ1n) is 9.16. The molecule has 0 aliphatic heterocycles. The molecule has 3 aromatic rings. The van der Waals surface area contributed by atoms with Gasteiger partial charge in [-0.3, -0.25) is 25.2 Å². The van der Waals surface area contributed by atoms with Gasteiger partial charge in [0.25, 0.3) is 17.4 Å². The lowest BCUT2D eigenvalue weighted by Crippen LogP contribution is -2.42. The van der Waals surface area contributed by atoms with Crippen LogP contribution in [0.1, 0.15) is 32.0 Å². The van der Waals surface area contributed by atoms with E-state index < -0.39 is 27.4 Å². The molecule has 0 saturated heterocycles. The Morgan fingerprint density at radius 1 is 1.00 bits per heavy atom. The van der Waals surface area contributed by atoms with Gasteiger partial charge in [0.05, 0.1) is 10.3 Å². The number of amides is 2. The van der Waals surface area contributed by atoms with Crippen LogP contribution >= 0.6 is 0 Å². The van der Waals surface area contributed by atoms with Crippen molar-refractivity contribution in [2.75, 3.05) is 14.1 Å². The maximum atomic E-state index is 12.6. The second kappa shape index (κ2) is 8.28. The van der Waals surface area contributed by atoms with Crippen LogP contribution in [0.15, 0.2) is 46.1 Å². The minimum absolute atomic E-state index is 0.00210. The van der Waals surface area contributed by atoms with E-state index >= 15 is 0 Å². The number of aryl methyl sites for hydroxylation is 1. The van der Waals surface area contributed by atoms with Gasteiger partial charge < -0.3 is 0 Å². The number of fused-ring (bicyclic) bond motifs is 1. The van der Waals surface area contributed by atoms with Crippen LogP contribution in [0.2, 0.25) is 0 Å². The quantitative estimate of drug-likeness (QED) is 0.511. The van der Waals surface area contributed by atoms with Crippen LogP contribution in [0, 0.1) is 13.8 Å². The first-order valence-corrected chi connectivity index (χ1v) is 10.6. The molecular formula is C20H21N5O5S. The third-order valence-corrected chi connectivity index (χ3v) is 6.78. The van der Waals surface area contributed by atoms with Crippen molar-refractivity contribution in [1.82, 2.24) is 25.4 Å². The highest BCUT2D eigenvalue weighted by Crippen LogP contribution is 2.23. The first-order chi connectivity index (χ1) is 14.5. The first kappa shape index (κ1) is 22.1. The van der Waals surface area contributed by atoms with Gasteiger partial charge in [0.15, 0.2) is 5.69 Å². The topological polar surface area (TPSA) is 141 Å². The summed E-state index contributed by atoms with van der Waals surface area (Å²) in [4.78, 5) is 37.0. The molecule has 3 rings (SSSR count). The van der Waals surface area contributed by atoms with E-state index in [0.29, 0.717) is 16.5 Å². The molecule has 0 radical (unpaired) electrons. The molecule has 1 aromatic heterocycles. The largest absolute Gasteiger partial charge is 0.290 e. The summed E-state index contributed by atoms with van der Waals surface area (Å²) in [5.41, 5.74) is 5.16. The monoisotopic (exact) mass is 443 g/mol. The van der Waals surface area contributed by atoms with Gasteiger partial charge in [-0.1, -0.05) is 18.2 Å². The summed E-state index contributed by atoms with van der Waals surface area (Å²) in [6.07, 6.45) is 0. The number of hydrogen-bond donors (Lipinski definition) is 3. The average Bonchev–Trinajstić information content (AvgIpc) is 2.73. The second-order valence-electron chi connectivity index (χ2n) is 7.06. The summed E-state index contributed by atoms with van der Waals surface area (Å²) in [6, 6.07) is 9.20. The lowest BCUT2D eigenvalue weighted by atomic mass is 10.1. The van der Waals surface area contributed by atoms with Crippen LogP contribution in [-0.4, -0.2) is 48.8 Å². The standard InChI is InChI=1S/C20H21N5O5S/c1-11-9-13(10-16(12(11)2)31(29,30)25(3)4)18(26)22-24-20(28)17-14-7-5-6-8-15(14)19(27)23-21-17/h5-10H,1-4H3,(H,22,26)(H,23,27)(H,24,28). The van der Waals surface area contributed by atoms with Crippen molar-refractivity contribution in [3.63, 3.8) is 0 Å². The zero-order valence-electron chi connectivity index (χ0n) is 17.3. The number of nitrogens with zero attached hydrogens (tertiary/aromatic N) is 2. The number of H-pyrrole nitrogens is 1. The lowest BCUT2D eigenvalue weighted by Gasteiger charge is -2.16. The number of carbonyl (C=O) groups excluding carboxylic acids is 2. The van der Waals surface area contributed by atoms with Crippen LogP contribution in [0.4, 0.5) is 0 Å². The summed E-state index contributed by atoms with van der Waals surface area (Å²) >= 11 is 0.